The van der Waals surface area contributed by atoms with Gasteiger partial charge in [0.05, 0.1) is 7.11 Å². The molecule has 0 aromatic carbocycles. The first-order valence-electron chi connectivity index (χ1n) is 5.29. The molecule has 1 aliphatic rings. The molecule has 2 heterocycles. The number of ether oxygens (including phenoxy) is 1. The lowest BCUT2D eigenvalue weighted by Crippen LogP contribution is -2.30. The van der Waals surface area contributed by atoms with E-state index < -0.39 is 5.91 Å². The molecule has 7 nitrogen and oxygen atoms in total. The normalized spacial score (nSPS) is 13.4. The highest BCUT2D eigenvalue weighted by Crippen LogP contribution is 2.30. The molecule has 18 heavy (non-hydrogen) atoms. The molecule has 1 aromatic rings. The third kappa shape index (κ3) is 2.12. The molecule has 7 heteroatoms. The number of hydrogen-bond acceptors (Lipinski definition) is 5. The highest BCUT2D eigenvalue weighted by Gasteiger charge is 2.23. The molecule has 0 aliphatic carbocycles. The second kappa shape index (κ2) is 4.61. The average Bonchev–Trinajstić information content (AvgIpc) is 2.36. The minimum absolute atomic E-state index is 0.0409. The Balaban J connectivity index is 2.40. The van der Waals surface area contributed by atoms with E-state index in [1.165, 1.54) is 14.2 Å². The summed E-state index contributed by atoms with van der Waals surface area (Å²) >= 11 is 0. The van der Waals surface area contributed by atoms with Crippen LogP contribution >= 0.6 is 0 Å². The highest BCUT2D eigenvalue weighted by atomic mass is 16.7. The molecule has 1 aromatic heterocycles. The van der Waals surface area contributed by atoms with E-state index >= 15 is 0 Å². The first-order chi connectivity index (χ1) is 8.52. The Morgan fingerprint density at radius 1 is 1.61 bits per heavy atom. The van der Waals surface area contributed by atoms with Crippen molar-refractivity contribution in [1.82, 2.24) is 10.0 Å². The Hall–Kier alpha value is -2.15. The van der Waals surface area contributed by atoms with Gasteiger partial charge in [0.2, 0.25) is 0 Å². The Bertz CT molecular complexity index is 515. The fraction of sp³-hybridized carbons (Fsp3) is 0.364. The van der Waals surface area contributed by atoms with Crippen LogP contribution in [0, 0.1) is 6.92 Å². The Morgan fingerprint density at radius 2 is 2.33 bits per heavy atom. The SMILES string of the molecule is CON(C)C(=O)c1cc(C)c2c(n1)NC(=O)CO2. The van der Waals surface area contributed by atoms with Crippen molar-refractivity contribution in [2.75, 3.05) is 26.1 Å². The summed E-state index contributed by atoms with van der Waals surface area (Å²) in [6, 6.07) is 1.59. The maximum atomic E-state index is 11.9. The first-order valence-corrected chi connectivity index (χ1v) is 5.29. The number of pyridine rings is 1. The number of rotatable bonds is 2. The van der Waals surface area contributed by atoms with Gasteiger partial charge < -0.3 is 10.1 Å². The van der Waals surface area contributed by atoms with Crippen LogP contribution in [-0.4, -0.2) is 42.6 Å². The van der Waals surface area contributed by atoms with Crippen molar-refractivity contribution in [3.63, 3.8) is 0 Å². The number of anilines is 1. The van der Waals surface area contributed by atoms with E-state index in [2.05, 4.69) is 10.3 Å². The van der Waals surface area contributed by atoms with Gasteiger partial charge in [0.1, 0.15) is 5.69 Å². The Kier molecular flexibility index (Phi) is 3.15. The summed E-state index contributed by atoms with van der Waals surface area (Å²) in [5.74, 6) is 0.0626. The Morgan fingerprint density at radius 3 is 3.00 bits per heavy atom. The third-order valence-corrected chi connectivity index (χ3v) is 2.54. The molecule has 0 unspecified atom stereocenters. The van der Waals surface area contributed by atoms with Crippen LogP contribution in [0.4, 0.5) is 5.82 Å². The van der Waals surface area contributed by atoms with Gasteiger partial charge in [-0.3, -0.25) is 14.4 Å². The summed E-state index contributed by atoms with van der Waals surface area (Å²) in [6.45, 7) is 1.74. The first kappa shape index (κ1) is 12.3. The van der Waals surface area contributed by atoms with E-state index in [1.807, 2.05) is 0 Å². The van der Waals surface area contributed by atoms with E-state index in [0.29, 0.717) is 5.75 Å². The molecule has 0 saturated carbocycles. The van der Waals surface area contributed by atoms with E-state index in [0.717, 1.165) is 10.6 Å². The molecular formula is C11H13N3O4. The maximum absolute atomic E-state index is 11.9. The van der Waals surface area contributed by atoms with E-state index in [4.69, 9.17) is 9.57 Å². The molecule has 0 saturated heterocycles. The lowest BCUT2D eigenvalue weighted by atomic mass is 10.2. The van der Waals surface area contributed by atoms with Gasteiger partial charge in [-0.15, -0.1) is 0 Å². The van der Waals surface area contributed by atoms with Crippen molar-refractivity contribution in [3.8, 4) is 5.75 Å². The summed E-state index contributed by atoms with van der Waals surface area (Å²) in [6.07, 6.45) is 0. The summed E-state index contributed by atoms with van der Waals surface area (Å²) < 4.78 is 5.26. The zero-order valence-corrected chi connectivity index (χ0v) is 10.3. The summed E-state index contributed by atoms with van der Waals surface area (Å²) in [7, 11) is 2.86. The van der Waals surface area contributed by atoms with Crippen LogP contribution in [-0.2, 0) is 9.63 Å². The average molecular weight is 251 g/mol. The monoisotopic (exact) mass is 251 g/mol. The van der Waals surface area contributed by atoms with Gasteiger partial charge >= 0.3 is 0 Å². The topological polar surface area (TPSA) is 80.8 Å². The molecule has 1 N–H and O–H groups in total. The lowest BCUT2D eigenvalue weighted by molar-refractivity contribution is -0.118. The second-order valence-corrected chi connectivity index (χ2v) is 3.82. The van der Waals surface area contributed by atoms with Crippen LogP contribution in [0.2, 0.25) is 0 Å². The van der Waals surface area contributed by atoms with Gasteiger partial charge in [0.25, 0.3) is 11.8 Å². The predicted molar refractivity (Wildman–Crippen MR) is 62.2 cm³/mol. The van der Waals surface area contributed by atoms with Gasteiger partial charge in [-0.1, -0.05) is 0 Å². The van der Waals surface area contributed by atoms with Gasteiger partial charge in [0, 0.05) is 7.05 Å². The van der Waals surface area contributed by atoms with E-state index in [9.17, 15) is 9.59 Å². The standard InChI is InChI=1S/C11H13N3O4/c1-6-4-7(11(16)14(2)17-3)12-10-9(6)18-5-8(15)13-10/h4H,5H2,1-3H3,(H,12,13,15). The molecule has 2 rings (SSSR count). The molecule has 2 amide bonds. The van der Waals surface area contributed by atoms with Crippen LogP contribution in [0.15, 0.2) is 6.07 Å². The molecule has 1 aliphatic heterocycles. The molecular weight excluding hydrogens is 238 g/mol. The van der Waals surface area contributed by atoms with Gasteiger partial charge in [0.15, 0.2) is 18.2 Å². The van der Waals surface area contributed by atoms with Crippen molar-refractivity contribution in [3.05, 3.63) is 17.3 Å². The number of carbonyl (C=O) groups excluding carboxylic acids is 2. The zero-order chi connectivity index (χ0) is 13.3. The number of aromatic nitrogens is 1. The van der Waals surface area contributed by atoms with Crippen molar-refractivity contribution >= 4 is 17.6 Å². The zero-order valence-electron chi connectivity index (χ0n) is 10.3. The molecule has 0 spiro atoms. The largest absolute Gasteiger partial charge is 0.480 e. The summed E-state index contributed by atoms with van der Waals surface area (Å²) in [4.78, 5) is 32.0. The van der Waals surface area contributed by atoms with Crippen molar-refractivity contribution < 1.29 is 19.2 Å². The Labute approximate surface area is 104 Å². The number of nitrogens with zero attached hydrogens (tertiary/aromatic N) is 2. The molecule has 0 bridgehead atoms. The number of amides is 2. The van der Waals surface area contributed by atoms with Gasteiger partial charge in [-0.05, 0) is 18.6 Å². The van der Waals surface area contributed by atoms with Gasteiger partial charge in [-0.2, -0.15) is 0 Å². The lowest BCUT2D eigenvalue weighted by Gasteiger charge is -2.20. The number of carbonyl (C=O) groups is 2. The van der Waals surface area contributed by atoms with Crippen molar-refractivity contribution in [2.45, 2.75) is 6.92 Å². The molecule has 0 fully saturated rings. The minimum atomic E-state index is -0.400. The molecule has 0 atom stereocenters. The number of hydroxylamine groups is 2. The van der Waals surface area contributed by atoms with Gasteiger partial charge in [-0.25, -0.2) is 10.0 Å². The minimum Gasteiger partial charge on any atom is -0.480 e. The quantitative estimate of drug-likeness (QED) is 0.767. The predicted octanol–water partition coefficient (Wildman–Crippen LogP) is 0.354. The second-order valence-electron chi connectivity index (χ2n) is 3.82. The summed E-state index contributed by atoms with van der Waals surface area (Å²) in [5, 5.41) is 3.62. The fourth-order valence-corrected chi connectivity index (χ4v) is 1.59. The number of fused-ring (bicyclic) bond motifs is 1. The third-order valence-electron chi connectivity index (χ3n) is 2.54. The number of aryl methyl sites for hydroxylation is 1. The maximum Gasteiger partial charge on any atom is 0.295 e. The molecule has 96 valence electrons. The van der Waals surface area contributed by atoms with Crippen LogP contribution in [0.25, 0.3) is 0 Å². The highest BCUT2D eigenvalue weighted by molar-refractivity contribution is 5.97. The van der Waals surface area contributed by atoms with Crippen molar-refractivity contribution in [1.29, 1.82) is 0 Å². The van der Waals surface area contributed by atoms with Crippen molar-refractivity contribution in [2.24, 2.45) is 0 Å². The summed E-state index contributed by atoms with van der Waals surface area (Å²) in [5.41, 5.74) is 0.911. The smallest absolute Gasteiger partial charge is 0.295 e. The number of hydrogen-bond donors (Lipinski definition) is 1. The number of nitrogens with one attached hydrogen (secondary N) is 1. The van der Waals surface area contributed by atoms with E-state index in [1.54, 1.807) is 13.0 Å². The van der Waals surface area contributed by atoms with Crippen LogP contribution in [0.5, 0.6) is 5.75 Å². The van der Waals surface area contributed by atoms with Crippen LogP contribution < -0.4 is 10.1 Å². The van der Waals surface area contributed by atoms with Crippen LogP contribution in [0.1, 0.15) is 16.1 Å². The fourth-order valence-electron chi connectivity index (χ4n) is 1.59. The van der Waals surface area contributed by atoms with E-state index in [-0.39, 0.29) is 24.0 Å². The van der Waals surface area contributed by atoms with Crippen LogP contribution in [0.3, 0.4) is 0 Å². The molecule has 0 radical (unpaired) electrons.